The number of carbonyl (C=O) groups excluding carboxylic acids is 1. The number of carboxylic acid groups (broad SMARTS) is 1. The lowest BCUT2D eigenvalue weighted by Gasteiger charge is -2.39. The Kier molecular flexibility index (Phi) is 3.65. The second kappa shape index (κ2) is 5.21. The average molecular weight is 247 g/mol. The van der Waals surface area contributed by atoms with Crippen LogP contribution in [0.5, 0.6) is 0 Å². The number of likely N-dealkylation sites (tertiary alicyclic amines) is 1. The van der Waals surface area contributed by atoms with E-state index in [0.717, 1.165) is 5.56 Å². The Morgan fingerprint density at radius 2 is 2.06 bits per heavy atom. The van der Waals surface area contributed by atoms with Gasteiger partial charge in [-0.2, -0.15) is 0 Å². The highest BCUT2D eigenvalue weighted by atomic mass is 16.4. The number of hydrogen-bond donors (Lipinski definition) is 1. The van der Waals surface area contributed by atoms with E-state index >= 15 is 0 Å². The van der Waals surface area contributed by atoms with Crippen molar-refractivity contribution in [1.82, 2.24) is 4.90 Å². The summed E-state index contributed by atoms with van der Waals surface area (Å²) in [6.45, 7) is 2.43. The molecule has 96 valence electrons. The number of nitrogens with zero attached hydrogens (tertiary/aromatic N) is 1. The number of hydrogen-bond acceptors (Lipinski definition) is 2. The molecule has 1 fully saturated rings. The summed E-state index contributed by atoms with van der Waals surface area (Å²) in [7, 11) is 0. The predicted molar refractivity (Wildman–Crippen MR) is 66.9 cm³/mol. The molecule has 0 aromatic heterocycles. The molecule has 0 bridgehead atoms. The molecule has 2 atom stereocenters. The molecule has 2 rings (SSSR count). The maximum absolute atomic E-state index is 11.9. The third-order valence-corrected chi connectivity index (χ3v) is 3.51. The summed E-state index contributed by atoms with van der Waals surface area (Å²) in [5.41, 5.74) is 0.903. The van der Waals surface area contributed by atoms with Crippen LogP contribution < -0.4 is 0 Å². The number of benzene rings is 1. The lowest BCUT2D eigenvalue weighted by molar-refractivity contribution is -0.151. The van der Waals surface area contributed by atoms with Crippen LogP contribution in [0.4, 0.5) is 0 Å². The SMILES string of the molecule is CCN1C(=O)CC[C@@H](C(=O)O)[C@@H]1c1ccccc1. The van der Waals surface area contributed by atoms with Gasteiger partial charge < -0.3 is 10.0 Å². The van der Waals surface area contributed by atoms with Crippen LogP contribution in [-0.2, 0) is 9.59 Å². The molecule has 1 aromatic rings. The molecule has 1 aliphatic rings. The number of rotatable bonds is 3. The van der Waals surface area contributed by atoms with Crippen LogP contribution in [0.3, 0.4) is 0 Å². The maximum Gasteiger partial charge on any atom is 0.308 e. The van der Waals surface area contributed by atoms with Gasteiger partial charge in [0.1, 0.15) is 0 Å². The van der Waals surface area contributed by atoms with Gasteiger partial charge in [-0.3, -0.25) is 9.59 Å². The zero-order valence-electron chi connectivity index (χ0n) is 10.4. The average Bonchev–Trinajstić information content (AvgIpc) is 2.39. The summed E-state index contributed by atoms with van der Waals surface area (Å²) >= 11 is 0. The molecule has 18 heavy (non-hydrogen) atoms. The van der Waals surface area contributed by atoms with Crippen LogP contribution >= 0.6 is 0 Å². The van der Waals surface area contributed by atoms with Crippen LogP contribution in [0.15, 0.2) is 30.3 Å². The maximum atomic E-state index is 11.9. The van der Waals surface area contributed by atoms with E-state index in [1.807, 2.05) is 37.3 Å². The minimum atomic E-state index is -0.824. The first-order valence-electron chi connectivity index (χ1n) is 6.22. The fourth-order valence-corrected chi connectivity index (χ4v) is 2.65. The molecule has 1 saturated heterocycles. The van der Waals surface area contributed by atoms with Crippen LogP contribution in [-0.4, -0.2) is 28.4 Å². The van der Waals surface area contributed by atoms with Crippen molar-refractivity contribution in [2.45, 2.75) is 25.8 Å². The molecule has 1 amide bonds. The van der Waals surface area contributed by atoms with E-state index in [2.05, 4.69) is 0 Å². The summed E-state index contributed by atoms with van der Waals surface area (Å²) < 4.78 is 0. The zero-order valence-corrected chi connectivity index (χ0v) is 10.4. The summed E-state index contributed by atoms with van der Waals surface area (Å²) in [6.07, 6.45) is 0.748. The quantitative estimate of drug-likeness (QED) is 0.889. The Labute approximate surface area is 106 Å². The van der Waals surface area contributed by atoms with Gasteiger partial charge in [0.2, 0.25) is 5.91 Å². The van der Waals surface area contributed by atoms with Crippen molar-refractivity contribution in [3.8, 4) is 0 Å². The third kappa shape index (κ3) is 2.23. The molecule has 0 unspecified atom stereocenters. The Bertz CT molecular complexity index is 442. The Morgan fingerprint density at radius 3 is 2.61 bits per heavy atom. The normalized spacial score (nSPS) is 24.1. The van der Waals surface area contributed by atoms with E-state index in [9.17, 15) is 14.7 Å². The zero-order chi connectivity index (χ0) is 13.1. The topological polar surface area (TPSA) is 57.6 Å². The van der Waals surface area contributed by atoms with Crippen LogP contribution in [0, 0.1) is 5.92 Å². The molecule has 4 heteroatoms. The third-order valence-electron chi connectivity index (χ3n) is 3.51. The Hall–Kier alpha value is -1.84. The Balaban J connectivity index is 2.40. The van der Waals surface area contributed by atoms with E-state index in [0.29, 0.717) is 19.4 Å². The van der Waals surface area contributed by atoms with E-state index in [-0.39, 0.29) is 11.9 Å². The first-order chi connectivity index (χ1) is 8.65. The number of carbonyl (C=O) groups is 2. The molecular formula is C14H17NO3. The number of amides is 1. The van der Waals surface area contributed by atoms with Crippen LogP contribution in [0.2, 0.25) is 0 Å². The van der Waals surface area contributed by atoms with Crippen molar-refractivity contribution in [2.75, 3.05) is 6.54 Å². The van der Waals surface area contributed by atoms with Gasteiger partial charge in [-0.15, -0.1) is 0 Å². The predicted octanol–water partition coefficient (Wildman–Crippen LogP) is 2.07. The van der Waals surface area contributed by atoms with Crippen molar-refractivity contribution >= 4 is 11.9 Å². The fraction of sp³-hybridized carbons (Fsp3) is 0.429. The molecule has 4 nitrogen and oxygen atoms in total. The van der Waals surface area contributed by atoms with E-state index in [4.69, 9.17) is 0 Å². The fourth-order valence-electron chi connectivity index (χ4n) is 2.65. The van der Waals surface area contributed by atoms with E-state index in [1.54, 1.807) is 4.90 Å². The molecule has 0 saturated carbocycles. The van der Waals surface area contributed by atoms with Crippen molar-refractivity contribution in [3.05, 3.63) is 35.9 Å². The molecule has 1 heterocycles. The summed E-state index contributed by atoms with van der Waals surface area (Å²) in [6, 6.07) is 9.08. The summed E-state index contributed by atoms with van der Waals surface area (Å²) in [5.74, 6) is -1.29. The monoisotopic (exact) mass is 247 g/mol. The first-order valence-corrected chi connectivity index (χ1v) is 6.22. The largest absolute Gasteiger partial charge is 0.481 e. The highest BCUT2D eigenvalue weighted by Gasteiger charge is 2.39. The minimum absolute atomic E-state index is 0.0452. The Morgan fingerprint density at radius 1 is 1.39 bits per heavy atom. The summed E-state index contributed by atoms with van der Waals surface area (Å²) in [4.78, 5) is 25.0. The first kappa shape index (κ1) is 12.6. The van der Waals surface area contributed by atoms with Crippen molar-refractivity contribution < 1.29 is 14.7 Å². The highest BCUT2D eigenvalue weighted by molar-refractivity contribution is 5.81. The molecule has 0 radical (unpaired) electrons. The number of piperidine rings is 1. The van der Waals surface area contributed by atoms with Gasteiger partial charge in [-0.1, -0.05) is 30.3 Å². The second-order valence-corrected chi connectivity index (χ2v) is 4.52. The standard InChI is InChI=1S/C14H17NO3/c1-2-15-12(16)9-8-11(14(17)18)13(15)10-6-4-3-5-7-10/h3-7,11,13H,2,8-9H2,1H3,(H,17,18)/t11-,13+/m1/s1. The van der Waals surface area contributed by atoms with Crippen molar-refractivity contribution in [2.24, 2.45) is 5.92 Å². The molecule has 1 aromatic carbocycles. The van der Waals surface area contributed by atoms with Gasteiger partial charge in [0, 0.05) is 13.0 Å². The van der Waals surface area contributed by atoms with Gasteiger partial charge in [-0.25, -0.2) is 0 Å². The van der Waals surface area contributed by atoms with Crippen molar-refractivity contribution in [3.63, 3.8) is 0 Å². The molecule has 1 N–H and O–H groups in total. The molecular weight excluding hydrogens is 230 g/mol. The molecule has 0 aliphatic carbocycles. The van der Waals surface area contributed by atoms with Crippen LogP contribution in [0.1, 0.15) is 31.4 Å². The highest BCUT2D eigenvalue weighted by Crippen LogP contribution is 2.36. The second-order valence-electron chi connectivity index (χ2n) is 4.52. The lowest BCUT2D eigenvalue weighted by atomic mass is 9.84. The van der Waals surface area contributed by atoms with Gasteiger partial charge in [0.05, 0.1) is 12.0 Å². The molecule has 0 spiro atoms. The minimum Gasteiger partial charge on any atom is -0.481 e. The van der Waals surface area contributed by atoms with Crippen LogP contribution in [0.25, 0.3) is 0 Å². The molecule has 1 aliphatic heterocycles. The van der Waals surface area contributed by atoms with Gasteiger partial charge >= 0.3 is 5.97 Å². The smallest absolute Gasteiger partial charge is 0.308 e. The number of carboxylic acids is 1. The lowest BCUT2D eigenvalue weighted by Crippen LogP contribution is -2.45. The van der Waals surface area contributed by atoms with Crippen molar-refractivity contribution in [1.29, 1.82) is 0 Å². The van der Waals surface area contributed by atoms with E-state index in [1.165, 1.54) is 0 Å². The number of aliphatic carboxylic acids is 1. The van der Waals surface area contributed by atoms with Gasteiger partial charge in [0.25, 0.3) is 0 Å². The van der Waals surface area contributed by atoms with Gasteiger partial charge in [0.15, 0.2) is 0 Å². The van der Waals surface area contributed by atoms with Gasteiger partial charge in [-0.05, 0) is 18.9 Å². The summed E-state index contributed by atoms with van der Waals surface area (Å²) in [5, 5.41) is 9.33. The van der Waals surface area contributed by atoms with E-state index < -0.39 is 11.9 Å².